The third-order valence-electron chi connectivity index (χ3n) is 3.71. The summed E-state index contributed by atoms with van der Waals surface area (Å²) in [6.45, 7) is 0.229. The summed E-state index contributed by atoms with van der Waals surface area (Å²) in [4.78, 5) is 11.8. The van der Waals surface area contributed by atoms with Crippen LogP contribution in [0.3, 0.4) is 0 Å². The fourth-order valence-corrected chi connectivity index (χ4v) is 2.81. The van der Waals surface area contributed by atoms with Gasteiger partial charge in [0.2, 0.25) is 0 Å². The minimum atomic E-state index is -0.386. The molecule has 0 radical (unpaired) electrons. The maximum atomic E-state index is 11.8. The number of nitrogens with one attached hydrogen (secondary N) is 2. The van der Waals surface area contributed by atoms with Gasteiger partial charge in [-0.2, -0.15) is 10.2 Å². The van der Waals surface area contributed by atoms with Gasteiger partial charge < -0.3 is 9.47 Å². The molecule has 0 spiro atoms. The fourth-order valence-electron chi connectivity index (χ4n) is 2.35. The molecule has 0 aliphatic heterocycles. The van der Waals surface area contributed by atoms with Gasteiger partial charge in [0, 0.05) is 16.8 Å². The molecule has 7 nitrogen and oxygen atoms in total. The molecular formula is C19H16Cl2N4O3. The lowest BCUT2D eigenvalue weighted by molar-refractivity contribution is 0.0950. The predicted octanol–water partition coefficient (Wildman–Crippen LogP) is 4.07. The molecule has 1 aromatic heterocycles. The molecule has 28 heavy (non-hydrogen) atoms. The maximum Gasteiger partial charge on any atom is 0.289 e. The zero-order chi connectivity index (χ0) is 19.9. The Kier molecular flexibility index (Phi) is 6.52. The minimum absolute atomic E-state index is 0.229. The number of benzene rings is 2. The van der Waals surface area contributed by atoms with Gasteiger partial charge in [-0.1, -0.05) is 23.2 Å². The smallest absolute Gasteiger partial charge is 0.289 e. The van der Waals surface area contributed by atoms with Gasteiger partial charge in [0.25, 0.3) is 5.91 Å². The zero-order valence-corrected chi connectivity index (χ0v) is 16.3. The van der Waals surface area contributed by atoms with Crippen molar-refractivity contribution in [1.82, 2.24) is 15.6 Å². The van der Waals surface area contributed by atoms with Crippen molar-refractivity contribution in [2.24, 2.45) is 5.10 Å². The number of hydrazone groups is 1. The van der Waals surface area contributed by atoms with Gasteiger partial charge in [-0.3, -0.25) is 9.89 Å². The molecule has 0 aliphatic rings. The number of methoxy groups -OCH3 is 1. The summed E-state index contributed by atoms with van der Waals surface area (Å²) in [7, 11) is 1.58. The second-order valence-electron chi connectivity index (χ2n) is 5.60. The number of ether oxygens (including phenoxy) is 2. The molecule has 0 fully saturated rings. The number of aromatic amines is 1. The van der Waals surface area contributed by atoms with Gasteiger partial charge in [0.15, 0.2) is 0 Å². The average molecular weight is 419 g/mol. The summed E-state index contributed by atoms with van der Waals surface area (Å²) in [5.41, 5.74) is 4.28. The van der Waals surface area contributed by atoms with Gasteiger partial charge in [-0.25, -0.2) is 5.43 Å². The van der Waals surface area contributed by atoms with E-state index in [0.717, 1.165) is 11.1 Å². The van der Waals surface area contributed by atoms with Gasteiger partial charge in [0.1, 0.15) is 23.8 Å². The van der Waals surface area contributed by atoms with E-state index >= 15 is 0 Å². The first-order valence-electron chi connectivity index (χ1n) is 8.14. The van der Waals surface area contributed by atoms with Crippen molar-refractivity contribution in [2.75, 3.05) is 7.11 Å². The number of carbonyl (C=O) groups excluding carboxylic acids is 1. The Balaban J connectivity index is 1.69. The monoisotopic (exact) mass is 418 g/mol. The first kappa shape index (κ1) is 19.7. The molecule has 3 aromatic rings. The van der Waals surface area contributed by atoms with Crippen LogP contribution in [0.15, 0.2) is 53.8 Å². The highest BCUT2D eigenvalue weighted by Gasteiger charge is 2.08. The standard InChI is InChI=1S/C19H16Cl2N4O3/c1-27-17-4-2-12(10-23-25-19(26)16-6-7-22-24-16)8-13(17)11-28-18-5-3-14(20)9-15(18)21/h2-10H,11H2,1H3,(H,22,24)(H,25,26)/b23-10+. The zero-order valence-electron chi connectivity index (χ0n) is 14.8. The van der Waals surface area contributed by atoms with Crippen LogP contribution in [0.1, 0.15) is 21.6 Å². The molecule has 0 saturated carbocycles. The first-order chi connectivity index (χ1) is 13.6. The number of carbonyl (C=O) groups is 1. The number of hydrogen-bond donors (Lipinski definition) is 2. The number of hydrogen-bond acceptors (Lipinski definition) is 5. The fraction of sp³-hybridized carbons (Fsp3) is 0.105. The number of rotatable bonds is 7. The second kappa shape index (κ2) is 9.25. The first-order valence-corrected chi connectivity index (χ1v) is 8.90. The summed E-state index contributed by atoms with van der Waals surface area (Å²) in [5.74, 6) is 0.783. The van der Waals surface area contributed by atoms with Crippen LogP contribution in [0.2, 0.25) is 10.0 Å². The van der Waals surface area contributed by atoms with E-state index in [4.69, 9.17) is 32.7 Å². The lowest BCUT2D eigenvalue weighted by atomic mass is 10.1. The van der Waals surface area contributed by atoms with E-state index < -0.39 is 0 Å². The molecule has 0 bridgehead atoms. The number of aromatic nitrogens is 2. The summed E-state index contributed by atoms with van der Waals surface area (Å²) in [5, 5.41) is 11.2. The lowest BCUT2D eigenvalue weighted by Crippen LogP contribution is -2.18. The van der Waals surface area contributed by atoms with Crippen LogP contribution >= 0.6 is 23.2 Å². The van der Waals surface area contributed by atoms with Crippen molar-refractivity contribution < 1.29 is 14.3 Å². The third kappa shape index (κ3) is 5.03. The van der Waals surface area contributed by atoms with Crippen LogP contribution in [-0.4, -0.2) is 29.4 Å². The number of nitrogens with zero attached hydrogens (tertiary/aromatic N) is 2. The molecule has 2 N–H and O–H groups in total. The Morgan fingerprint density at radius 3 is 2.75 bits per heavy atom. The van der Waals surface area contributed by atoms with E-state index in [2.05, 4.69) is 20.7 Å². The quantitative estimate of drug-likeness (QED) is 0.447. The Morgan fingerprint density at radius 2 is 2.04 bits per heavy atom. The van der Waals surface area contributed by atoms with Crippen molar-refractivity contribution in [3.8, 4) is 11.5 Å². The van der Waals surface area contributed by atoms with E-state index in [0.29, 0.717) is 27.2 Å². The Morgan fingerprint density at radius 1 is 1.21 bits per heavy atom. The molecular weight excluding hydrogens is 403 g/mol. The summed E-state index contributed by atoms with van der Waals surface area (Å²) in [6, 6.07) is 12.0. The molecule has 1 heterocycles. The average Bonchev–Trinajstić information content (AvgIpc) is 3.22. The highest BCUT2D eigenvalue weighted by atomic mass is 35.5. The molecule has 3 rings (SSSR count). The van der Waals surface area contributed by atoms with Crippen LogP contribution in [0.5, 0.6) is 11.5 Å². The highest BCUT2D eigenvalue weighted by Crippen LogP contribution is 2.29. The Bertz CT molecular complexity index is 991. The second-order valence-corrected chi connectivity index (χ2v) is 6.45. The van der Waals surface area contributed by atoms with Crippen LogP contribution in [0.4, 0.5) is 0 Å². The topological polar surface area (TPSA) is 88.6 Å². The van der Waals surface area contributed by atoms with Crippen LogP contribution < -0.4 is 14.9 Å². The molecule has 9 heteroatoms. The van der Waals surface area contributed by atoms with E-state index in [1.54, 1.807) is 37.4 Å². The third-order valence-corrected chi connectivity index (χ3v) is 4.24. The van der Waals surface area contributed by atoms with Crippen LogP contribution in [-0.2, 0) is 6.61 Å². The van der Waals surface area contributed by atoms with Crippen molar-refractivity contribution in [1.29, 1.82) is 0 Å². The molecule has 0 unspecified atom stereocenters. The number of halogens is 2. The maximum absolute atomic E-state index is 11.8. The summed E-state index contributed by atoms with van der Waals surface area (Å²) in [6.07, 6.45) is 3.01. The van der Waals surface area contributed by atoms with E-state index in [9.17, 15) is 4.79 Å². The summed E-state index contributed by atoms with van der Waals surface area (Å²) >= 11 is 12.0. The number of H-pyrrole nitrogens is 1. The van der Waals surface area contributed by atoms with Gasteiger partial charge in [0.05, 0.1) is 18.3 Å². The molecule has 1 amide bonds. The van der Waals surface area contributed by atoms with Crippen molar-refractivity contribution in [3.05, 3.63) is 75.5 Å². The molecule has 144 valence electrons. The van der Waals surface area contributed by atoms with Crippen molar-refractivity contribution >= 4 is 35.3 Å². The molecule has 0 atom stereocenters. The van der Waals surface area contributed by atoms with Gasteiger partial charge >= 0.3 is 0 Å². The highest BCUT2D eigenvalue weighted by molar-refractivity contribution is 6.35. The molecule has 0 aliphatic carbocycles. The van der Waals surface area contributed by atoms with E-state index in [1.807, 2.05) is 12.1 Å². The number of amides is 1. The lowest BCUT2D eigenvalue weighted by Gasteiger charge is -2.12. The Labute approximate surface area is 171 Å². The SMILES string of the molecule is COc1ccc(/C=N/NC(=O)c2ccn[nH]2)cc1COc1ccc(Cl)cc1Cl. The largest absolute Gasteiger partial charge is 0.496 e. The molecule has 2 aromatic carbocycles. The predicted molar refractivity (Wildman–Crippen MR) is 107 cm³/mol. The van der Waals surface area contributed by atoms with Crippen LogP contribution in [0, 0.1) is 0 Å². The van der Waals surface area contributed by atoms with Gasteiger partial charge in [-0.15, -0.1) is 0 Å². The normalized spacial score (nSPS) is 10.8. The summed E-state index contributed by atoms with van der Waals surface area (Å²) < 4.78 is 11.1. The van der Waals surface area contributed by atoms with E-state index in [-0.39, 0.29) is 12.5 Å². The molecule has 0 saturated heterocycles. The van der Waals surface area contributed by atoms with Crippen molar-refractivity contribution in [3.63, 3.8) is 0 Å². The van der Waals surface area contributed by atoms with Gasteiger partial charge in [-0.05, 0) is 48.0 Å². The minimum Gasteiger partial charge on any atom is -0.496 e. The van der Waals surface area contributed by atoms with Crippen LogP contribution in [0.25, 0.3) is 0 Å². The van der Waals surface area contributed by atoms with Crippen molar-refractivity contribution in [2.45, 2.75) is 6.61 Å². The van der Waals surface area contributed by atoms with E-state index in [1.165, 1.54) is 12.4 Å². The Hall–Kier alpha value is -3.03.